The predicted molar refractivity (Wildman–Crippen MR) is 164 cm³/mol. The number of benzene rings is 3. The molecule has 4 nitrogen and oxygen atoms in total. The fraction of sp³-hybridized carbons (Fsp3) is 0.125. The van der Waals surface area contributed by atoms with Crippen molar-refractivity contribution in [3.63, 3.8) is 0 Å². The Morgan fingerprint density at radius 2 is 1.82 bits per heavy atom. The van der Waals surface area contributed by atoms with Crippen LogP contribution in [0.15, 0.2) is 99.6 Å². The van der Waals surface area contributed by atoms with E-state index in [1.165, 1.54) is 28.0 Å². The van der Waals surface area contributed by atoms with Crippen LogP contribution in [-0.4, -0.2) is 4.57 Å². The van der Waals surface area contributed by atoms with Crippen LogP contribution in [0.2, 0.25) is 10.0 Å². The molecule has 0 radical (unpaired) electrons. The van der Waals surface area contributed by atoms with E-state index in [1.807, 2.05) is 41.0 Å². The highest BCUT2D eigenvalue weighted by Gasteiger charge is 2.32. The van der Waals surface area contributed by atoms with E-state index in [0.29, 0.717) is 21.2 Å². The molecule has 0 saturated heterocycles. The molecule has 2 aliphatic rings. The summed E-state index contributed by atoms with van der Waals surface area (Å²) in [6, 6.07) is 25.7. The van der Waals surface area contributed by atoms with Gasteiger partial charge in [-0.15, -0.1) is 11.3 Å². The molecule has 0 spiro atoms. The van der Waals surface area contributed by atoms with Gasteiger partial charge in [-0.2, -0.15) is 0 Å². The minimum absolute atomic E-state index is 0.00694. The van der Waals surface area contributed by atoms with Crippen LogP contribution < -0.4 is 19.6 Å². The lowest BCUT2D eigenvalue weighted by Gasteiger charge is -2.30. The van der Waals surface area contributed by atoms with Crippen molar-refractivity contribution in [3.05, 3.63) is 147 Å². The van der Waals surface area contributed by atoms with E-state index in [9.17, 15) is 4.79 Å². The van der Waals surface area contributed by atoms with Crippen molar-refractivity contribution in [3.8, 4) is 5.75 Å². The van der Waals surface area contributed by atoms with Gasteiger partial charge in [0.25, 0.3) is 5.56 Å². The lowest BCUT2D eigenvalue weighted by molar-refractivity contribution is 0.306. The first-order valence-electron chi connectivity index (χ1n) is 12.9. The SMILES string of the molecule is O=c1/c(=C/c2ccc(OCc3ccc(Cl)c(Cl)c3)cc2)sc2n1[C@H](c1cccs1)C1=C(N=2)c2ccccc2CC1. The molecule has 0 saturated carbocycles. The monoisotopic (exact) mass is 600 g/mol. The zero-order valence-electron chi connectivity index (χ0n) is 21.1. The Labute approximate surface area is 248 Å². The molecule has 7 rings (SSSR count). The zero-order valence-corrected chi connectivity index (χ0v) is 24.3. The molecule has 1 aliphatic carbocycles. The summed E-state index contributed by atoms with van der Waals surface area (Å²) >= 11 is 15.3. The van der Waals surface area contributed by atoms with E-state index in [0.717, 1.165) is 45.1 Å². The van der Waals surface area contributed by atoms with Gasteiger partial charge in [0.2, 0.25) is 0 Å². The smallest absolute Gasteiger partial charge is 0.271 e. The van der Waals surface area contributed by atoms with Crippen LogP contribution in [0, 0.1) is 0 Å². The predicted octanol–water partition coefficient (Wildman–Crippen LogP) is 7.27. The third-order valence-electron chi connectivity index (χ3n) is 7.25. The summed E-state index contributed by atoms with van der Waals surface area (Å²) in [5, 5.41) is 3.10. The molecule has 0 fully saturated rings. The van der Waals surface area contributed by atoms with Crippen LogP contribution in [0.3, 0.4) is 0 Å². The van der Waals surface area contributed by atoms with Gasteiger partial charge in [0.1, 0.15) is 12.4 Å². The van der Waals surface area contributed by atoms with Crippen LogP contribution in [0.5, 0.6) is 5.75 Å². The Hall–Kier alpha value is -3.42. The minimum atomic E-state index is -0.126. The summed E-state index contributed by atoms with van der Waals surface area (Å²) in [6.07, 6.45) is 3.79. The maximum atomic E-state index is 13.8. The van der Waals surface area contributed by atoms with Gasteiger partial charge in [-0.1, -0.05) is 83.1 Å². The second-order valence-corrected chi connectivity index (χ2v) is 12.5. The molecule has 198 valence electrons. The van der Waals surface area contributed by atoms with Crippen LogP contribution in [0.4, 0.5) is 0 Å². The molecular formula is C32H22Cl2N2O2S2. The molecule has 0 bridgehead atoms. The number of allylic oxidation sites excluding steroid dienone is 1. The van der Waals surface area contributed by atoms with Crippen molar-refractivity contribution >= 4 is 57.6 Å². The number of hydrogen-bond acceptors (Lipinski definition) is 5. The molecular weight excluding hydrogens is 579 g/mol. The van der Waals surface area contributed by atoms with E-state index in [1.54, 1.807) is 23.5 Å². The van der Waals surface area contributed by atoms with Gasteiger partial charge in [-0.25, -0.2) is 4.99 Å². The molecule has 0 N–H and O–H groups in total. The Kier molecular flexibility index (Phi) is 6.72. The van der Waals surface area contributed by atoms with Gasteiger partial charge >= 0.3 is 0 Å². The highest BCUT2D eigenvalue weighted by atomic mass is 35.5. The summed E-state index contributed by atoms with van der Waals surface area (Å²) < 4.78 is 8.48. The van der Waals surface area contributed by atoms with Crippen molar-refractivity contribution < 1.29 is 4.74 Å². The zero-order chi connectivity index (χ0) is 27.2. The van der Waals surface area contributed by atoms with Crippen molar-refractivity contribution in [1.29, 1.82) is 0 Å². The van der Waals surface area contributed by atoms with E-state index >= 15 is 0 Å². The van der Waals surface area contributed by atoms with Gasteiger partial charge in [-0.3, -0.25) is 9.36 Å². The molecule has 40 heavy (non-hydrogen) atoms. The molecule has 1 aliphatic heterocycles. The maximum Gasteiger partial charge on any atom is 0.271 e. The van der Waals surface area contributed by atoms with Crippen molar-refractivity contribution in [2.75, 3.05) is 0 Å². The summed E-state index contributed by atoms with van der Waals surface area (Å²) in [5.74, 6) is 0.730. The number of nitrogens with zero attached hydrogens (tertiary/aromatic N) is 2. The highest BCUT2D eigenvalue weighted by Crippen LogP contribution is 2.42. The second kappa shape index (κ2) is 10.5. The summed E-state index contributed by atoms with van der Waals surface area (Å²) in [7, 11) is 0. The first kappa shape index (κ1) is 25.5. The molecule has 0 amide bonds. The largest absolute Gasteiger partial charge is 0.489 e. The number of hydrogen-bond donors (Lipinski definition) is 0. The van der Waals surface area contributed by atoms with E-state index in [2.05, 4.69) is 41.8 Å². The molecule has 3 heterocycles. The average Bonchev–Trinajstić information content (AvgIpc) is 3.62. The third kappa shape index (κ3) is 4.65. The quantitative estimate of drug-likeness (QED) is 0.213. The number of ether oxygens (including phenoxy) is 1. The van der Waals surface area contributed by atoms with E-state index in [-0.39, 0.29) is 11.6 Å². The lowest BCUT2D eigenvalue weighted by Crippen LogP contribution is -2.38. The van der Waals surface area contributed by atoms with Gasteiger partial charge in [0.05, 0.1) is 26.3 Å². The van der Waals surface area contributed by atoms with Crippen LogP contribution in [0.25, 0.3) is 11.8 Å². The highest BCUT2D eigenvalue weighted by molar-refractivity contribution is 7.10. The number of aromatic nitrogens is 1. The van der Waals surface area contributed by atoms with Crippen molar-refractivity contribution in [2.24, 2.45) is 4.99 Å². The molecule has 5 aromatic rings. The molecule has 2 aromatic heterocycles. The Morgan fingerprint density at radius 3 is 2.62 bits per heavy atom. The number of fused-ring (bicyclic) bond motifs is 3. The summed E-state index contributed by atoms with van der Waals surface area (Å²) in [6.45, 7) is 0.380. The first-order valence-corrected chi connectivity index (χ1v) is 15.3. The van der Waals surface area contributed by atoms with E-state index in [4.69, 9.17) is 32.9 Å². The average molecular weight is 602 g/mol. The second-order valence-electron chi connectivity index (χ2n) is 9.74. The summed E-state index contributed by atoms with van der Waals surface area (Å²) in [5.41, 5.74) is 6.60. The normalized spacial score (nSPS) is 16.2. The first-order chi connectivity index (χ1) is 19.5. The standard InChI is InChI=1S/C32H22Cl2N2O2S2/c33-25-14-9-20(16-26(25)34)18-38-22-11-7-19(8-12-22)17-28-31(37)36-30(27-6-3-15-39-27)24-13-10-21-4-1-2-5-23(21)29(24)35-32(36)40-28/h1-9,11-12,14-17,30H,10,13,18H2/b28-17-/t30-/m0/s1. The molecule has 8 heteroatoms. The Morgan fingerprint density at radius 1 is 0.975 bits per heavy atom. The molecule has 3 aromatic carbocycles. The number of aryl methyl sites for hydroxylation is 1. The van der Waals surface area contributed by atoms with Gasteiger partial charge in [0, 0.05) is 10.4 Å². The number of rotatable bonds is 5. The van der Waals surface area contributed by atoms with Crippen LogP contribution >= 0.6 is 45.9 Å². The Balaban J connectivity index is 1.23. The topological polar surface area (TPSA) is 43.6 Å². The summed E-state index contributed by atoms with van der Waals surface area (Å²) in [4.78, 5) is 20.8. The van der Waals surface area contributed by atoms with Crippen LogP contribution in [-0.2, 0) is 13.0 Å². The van der Waals surface area contributed by atoms with Crippen LogP contribution in [0.1, 0.15) is 39.6 Å². The number of thiophene rings is 1. The van der Waals surface area contributed by atoms with Crippen molar-refractivity contribution in [2.45, 2.75) is 25.5 Å². The number of thiazole rings is 1. The minimum Gasteiger partial charge on any atom is -0.489 e. The van der Waals surface area contributed by atoms with E-state index < -0.39 is 0 Å². The molecule has 1 atom stereocenters. The van der Waals surface area contributed by atoms with Gasteiger partial charge in [0.15, 0.2) is 4.80 Å². The maximum absolute atomic E-state index is 13.8. The van der Waals surface area contributed by atoms with Crippen molar-refractivity contribution in [1.82, 2.24) is 4.57 Å². The number of halogens is 2. The fourth-order valence-corrected chi connectivity index (χ4v) is 7.50. The van der Waals surface area contributed by atoms with Gasteiger partial charge in [-0.05, 0) is 76.9 Å². The Bertz CT molecular complexity index is 1960. The molecule has 0 unspecified atom stereocenters. The van der Waals surface area contributed by atoms with Gasteiger partial charge < -0.3 is 4.74 Å². The third-order valence-corrected chi connectivity index (χ3v) is 9.90. The lowest BCUT2D eigenvalue weighted by atomic mass is 9.85. The fourth-order valence-electron chi connectivity index (χ4n) is 5.33.